The van der Waals surface area contributed by atoms with Crippen LogP contribution in [0.4, 0.5) is 0 Å². The summed E-state index contributed by atoms with van der Waals surface area (Å²) in [6.07, 6.45) is 2.87. The molecule has 1 saturated carbocycles. The van der Waals surface area contributed by atoms with Gasteiger partial charge in [0.1, 0.15) is 5.75 Å². The first-order valence-electron chi connectivity index (χ1n) is 6.64. The predicted molar refractivity (Wildman–Crippen MR) is 71.7 cm³/mol. The van der Waals surface area contributed by atoms with Crippen LogP contribution in [0.15, 0.2) is 24.3 Å². The van der Waals surface area contributed by atoms with E-state index < -0.39 is 0 Å². The molecule has 0 unspecified atom stereocenters. The highest BCUT2D eigenvalue weighted by molar-refractivity contribution is 5.36. The second kappa shape index (κ2) is 5.09. The summed E-state index contributed by atoms with van der Waals surface area (Å²) in [5.74, 6) is 0.975. The van der Waals surface area contributed by atoms with Gasteiger partial charge in [-0.3, -0.25) is 0 Å². The fraction of sp³-hybridized carbons (Fsp3) is 0.600. The summed E-state index contributed by atoms with van der Waals surface area (Å²) in [5.41, 5.74) is 1.86. The molecule has 0 aliphatic heterocycles. The van der Waals surface area contributed by atoms with Gasteiger partial charge in [0.2, 0.25) is 0 Å². The van der Waals surface area contributed by atoms with Gasteiger partial charge in [-0.1, -0.05) is 19.1 Å². The number of likely N-dealkylation sites (N-methyl/N-ethyl adjacent to an activating group) is 1. The van der Waals surface area contributed by atoms with E-state index in [9.17, 15) is 0 Å². The van der Waals surface area contributed by atoms with Gasteiger partial charge in [-0.2, -0.15) is 0 Å². The molecule has 2 nitrogen and oxygen atoms in total. The zero-order valence-electron chi connectivity index (χ0n) is 11.1. The lowest BCUT2D eigenvalue weighted by molar-refractivity contribution is 0.242. The Morgan fingerprint density at radius 3 is 2.35 bits per heavy atom. The Morgan fingerprint density at radius 1 is 1.24 bits per heavy atom. The van der Waals surface area contributed by atoms with Crippen molar-refractivity contribution in [2.75, 3.05) is 13.1 Å². The summed E-state index contributed by atoms with van der Waals surface area (Å²) in [5, 5.41) is 3.47. The molecule has 0 saturated heterocycles. The average molecular weight is 233 g/mol. The van der Waals surface area contributed by atoms with E-state index in [-0.39, 0.29) is 6.10 Å². The smallest absolute Gasteiger partial charge is 0.119 e. The van der Waals surface area contributed by atoms with Crippen molar-refractivity contribution in [1.29, 1.82) is 0 Å². The molecule has 1 aromatic rings. The van der Waals surface area contributed by atoms with E-state index in [0.717, 1.165) is 18.8 Å². The normalized spacial score (nSPS) is 17.2. The van der Waals surface area contributed by atoms with Gasteiger partial charge in [0, 0.05) is 12.0 Å². The van der Waals surface area contributed by atoms with E-state index in [4.69, 9.17) is 4.74 Å². The maximum absolute atomic E-state index is 5.67. The van der Waals surface area contributed by atoms with Crippen molar-refractivity contribution in [2.24, 2.45) is 0 Å². The molecule has 94 valence electrons. The van der Waals surface area contributed by atoms with Crippen molar-refractivity contribution in [3.05, 3.63) is 29.8 Å². The van der Waals surface area contributed by atoms with Crippen LogP contribution in [0.1, 0.15) is 39.2 Å². The van der Waals surface area contributed by atoms with Gasteiger partial charge in [0.25, 0.3) is 0 Å². The standard InChI is InChI=1S/C15H23NO/c1-4-16-11-15(9-10-15)13-5-7-14(8-6-13)17-12(2)3/h5-8,12,16H,4,9-11H2,1-3H3. The van der Waals surface area contributed by atoms with Gasteiger partial charge in [-0.25, -0.2) is 0 Å². The van der Waals surface area contributed by atoms with Gasteiger partial charge in [-0.15, -0.1) is 0 Å². The van der Waals surface area contributed by atoms with Crippen molar-refractivity contribution >= 4 is 0 Å². The highest BCUT2D eigenvalue weighted by Crippen LogP contribution is 2.47. The van der Waals surface area contributed by atoms with Gasteiger partial charge in [0.05, 0.1) is 6.10 Å². The van der Waals surface area contributed by atoms with E-state index in [1.54, 1.807) is 0 Å². The molecular formula is C15H23NO. The highest BCUT2D eigenvalue weighted by atomic mass is 16.5. The number of hydrogen-bond donors (Lipinski definition) is 1. The highest BCUT2D eigenvalue weighted by Gasteiger charge is 2.43. The van der Waals surface area contributed by atoms with Crippen molar-refractivity contribution in [3.8, 4) is 5.75 Å². The first kappa shape index (κ1) is 12.4. The SMILES string of the molecule is CCNCC1(c2ccc(OC(C)C)cc2)CC1. The summed E-state index contributed by atoms with van der Waals surface area (Å²) in [7, 11) is 0. The van der Waals surface area contributed by atoms with Crippen LogP contribution in [0.3, 0.4) is 0 Å². The quantitative estimate of drug-likeness (QED) is 0.815. The average Bonchev–Trinajstić information content (AvgIpc) is 3.08. The Morgan fingerprint density at radius 2 is 1.88 bits per heavy atom. The monoisotopic (exact) mass is 233 g/mol. The summed E-state index contributed by atoms with van der Waals surface area (Å²) < 4.78 is 5.67. The Balaban J connectivity index is 2.02. The van der Waals surface area contributed by atoms with Gasteiger partial charge < -0.3 is 10.1 Å². The summed E-state index contributed by atoms with van der Waals surface area (Å²) in [6.45, 7) is 8.43. The van der Waals surface area contributed by atoms with E-state index in [2.05, 4.69) is 50.4 Å². The van der Waals surface area contributed by atoms with Crippen molar-refractivity contribution < 1.29 is 4.74 Å². The first-order valence-corrected chi connectivity index (χ1v) is 6.64. The summed E-state index contributed by atoms with van der Waals surface area (Å²) in [6, 6.07) is 8.65. The molecule has 17 heavy (non-hydrogen) atoms. The molecule has 0 bridgehead atoms. The molecule has 1 aliphatic rings. The number of benzene rings is 1. The van der Waals surface area contributed by atoms with Crippen molar-refractivity contribution in [2.45, 2.75) is 45.1 Å². The van der Waals surface area contributed by atoms with Gasteiger partial charge >= 0.3 is 0 Å². The molecule has 1 fully saturated rings. The van der Waals surface area contributed by atoms with Gasteiger partial charge in [-0.05, 0) is 50.9 Å². The number of nitrogens with one attached hydrogen (secondary N) is 1. The maximum Gasteiger partial charge on any atom is 0.119 e. The Labute approximate surface area is 104 Å². The van der Waals surface area contributed by atoms with Crippen LogP contribution in [0.2, 0.25) is 0 Å². The second-order valence-corrected chi connectivity index (χ2v) is 5.25. The lowest BCUT2D eigenvalue weighted by Gasteiger charge is -2.17. The molecule has 1 N–H and O–H groups in total. The van der Waals surface area contributed by atoms with Crippen LogP contribution in [0.5, 0.6) is 5.75 Å². The van der Waals surface area contributed by atoms with Crippen LogP contribution < -0.4 is 10.1 Å². The molecule has 0 amide bonds. The third-order valence-electron chi connectivity index (χ3n) is 3.41. The largest absolute Gasteiger partial charge is 0.491 e. The van der Waals surface area contributed by atoms with Crippen LogP contribution in [0.25, 0.3) is 0 Å². The molecular weight excluding hydrogens is 210 g/mol. The van der Waals surface area contributed by atoms with Crippen molar-refractivity contribution in [3.63, 3.8) is 0 Å². The molecule has 2 rings (SSSR count). The van der Waals surface area contributed by atoms with E-state index in [0.29, 0.717) is 5.41 Å². The van der Waals surface area contributed by atoms with Crippen molar-refractivity contribution in [1.82, 2.24) is 5.32 Å². The van der Waals surface area contributed by atoms with Crippen LogP contribution in [-0.2, 0) is 5.41 Å². The summed E-state index contributed by atoms with van der Waals surface area (Å²) in [4.78, 5) is 0. The third-order valence-corrected chi connectivity index (χ3v) is 3.41. The molecule has 0 aromatic heterocycles. The molecule has 1 aliphatic carbocycles. The predicted octanol–water partition coefficient (Wildman–Crippen LogP) is 3.11. The Bertz CT molecular complexity index is 352. The molecule has 0 spiro atoms. The lowest BCUT2D eigenvalue weighted by Crippen LogP contribution is -2.26. The topological polar surface area (TPSA) is 21.3 Å². The number of hydrogen-bond acceptors (Lipinski definition) is 2. The molecule has 2 heteroatoms. The van der Waals surface area contributed by atoms with E-state index in [1.807, 2.05) is 0 Å². The first-order chi connectivity index (χ1) is 8.16. The fourth-order valence-corrected chi connectivity index (χ4v) is 2.24. The van der Waals surface area contributed by atoms with Crippen LogP contribution in [0, 0.1) is 0 Å². The molecule has 0 heterocycles. The minimum absolute atomic E-state index is 0.248. The van der Waals surface area contributed by atoms with Crippen LogP contribution in [-0.4, -0.2) is 19.2 Å². The van der Waals surface area contributed by atoms with Crippen LogP contribution >= 0.6 is 0 Å². The maximum atomic E-state index is 5.67. The Hall–Kier alpha value is -1.02. The minimum Gasteiger partial charge on any atom is -0.491 e. The second-order valence-electron chi connectivity index (χ2n) is 5.25. The number of ether oxygens (including phenoxy) is 1. The Kier molecular flexibility index (Phi) is 3.72. The fourth-order valence-electron chi connectivity index (χ4n) is 2.24. The lowest BCUT2D eigenvalue weighted by atomic mass is 9.96. The van der Waals surface area contributed by atoms with E-state index in [1.165, 1.54) is 18.4 Å². The minimum atomic E-state index is 0.248. The third kappa shape index (κ3) is 3.01. The van der Waals surface area contributed by atoms with E-state index >= 15 is 0 Å². The molecule has 0 atom stereocenters. The molecule has 1 aromatic carbocycles. The zero-order chi connectivity index (χ0) is 12.3. The van der Waals surface area contributed by atoms with Gasteiger partial charge in [0.15, 0.2) is 0 Å². The summed E-state index contributed by atoms with van der Waals surface area (Å²) >= 11 is 0. The number of rotatable bonds is 6. The zero-order valence-corrected chi connectivity index (χ0v) is 11.1. The molecule has 0 radical (unpaired) electrons.